The number of nitrogens with one attached hydrogen (secondary N) is 2. The lowest BCUT2D eigenvalue weighted by Gasteiger charge is -2.10. The van der Waals surface area contributed by atoms with Gasteiger partial charge in [0.2, 0.25) is 5.91 Å². The van der Waals surface area contributed by atoms with Crippen molar-refractivity contribution in [2.24, 2.45) is 0 Å². The van der Waals surface area contributed by atoms with Crippen LogP contribution in [0.25, 0.3) is 21.9 Å². The van der Waals surface area contributed by atoms with Gasteiger partial charge in [0.05, 0.1) is 25.5 Å². The number of aromatic nitrogens is 3. The van der Waals surface area contributed by atoms with Crippen molar-refractivity contribution in [1.82, 2.24) is 20.3 Å². The first-order valence-corrected chi connectivity index (χ1v) is 10.9. The van der Waals surface area contributed by atoms with Gasteiger partial charge < -0.3 is 19.8 Å². The molecule has 8 heteroatoms. The summed E-state index contributed by atoms with van der Waals surface area (Å²) in [5.41, 5.74) is 5.00. The number of hydrogen-bond donors (Lipinski definition) is 2. The minimum atomic E-state index is -0.0378. The van der Waals surface area contributed by atoms with Crippen molar-refractivity contribution < 1.29 is 14.3 Å². The molecule has 0 aliphatic heterocycles. The van der Waals surface area contributed by atoms with E-state index in [9.17, 15) is 4.79 Å². The maximum atomic E-state index is 12.4. The summed E-state index contributed by atoms with van der Waals surface area (Å²) in [5, 5.41) is 4.80. The average molecular weight is 437 g/mol. The number of thioether (sulfide) groups is 1. The number of nitrogens with zero attached hydrogens (tertiary/aromatic N) is 2. The molecular weight excluding hydrogens is 412 g/mol. The van der Waals surface area contributed by atoms with Crippen LogP contribution in [-0.2, 0) is 11.2 Å². The van der Waals surface area contributed by atoms with E-state index in [0.29, 0.717) is 24.5 Å². The molecule has 0 saturated heterocycles. The van der Waals surface area contributed by atoms with Gasteiger partial charge in [-0.05, 0) is 43.2 Å². The summed E-state index contributed by atoms with van der Waals surface area (Å²) in [6, 6.07) is 12.0. The van der Waals surface area contributed by atoms with Gasteiger partial charge in [-0.25, -0.2) is 9.97 Å². The normalized spacial score (nSPS) is 11.1. The fraction of sp³-hybridized carbons (Fsp3) is 0.261. The van der Waals surface area contributed by atoms with Crippen molar-refractivity contribution >= 4 is 39.6 Å². The molecule has 7 nitrogen and oxygen atoms in total. The molecule has 0 saturated carbocycles. The molecule has 0 aliphatic carbocycles. The van der Waals surface area contributed by atoms with Crippen LogP contribution in [0.3, 0.4) is 0 Å². The number of benzene rings is 2. The highest BCUT2D eigenvalue weighted by molar-refractivity contribution is 8.00. The summed E-state index contributed by atoms with van der Waals surface area (Å²) in [6.07, 6.45) is 2.26. The Morgan fingerprint density at radius 3 is 2.74 bits per heavy atom. The van der Waals surface area contributed by atoms with Gasteiger partial charge in [-0.15, -0.1) is 0 Å². The molecule has 0 atom stereocenters. The van der Waals surface area contributed by atoms with Gasteiger partial charge >= 0.3 is 0 Å². The van der Waals surface area contributed by atoms with Crippen LogP contribution in [0.15, 0.2) is 47.8 Å². The summed E-state index contributed by atoms with van der Waals surface area (Å²) in [7, 11) is 3.22. The maximum Gasteiger partial charge on any atom is 0.230 e. The Balaban J connectivity index is 1.36. The Labute approximate surface area is 184 Å². The van der Waals surface area contributed by atoms with Crippen molar-refractivity contribution in [1.29, 1.82) is 0 Å². The predicted molar refractivity (Wildman–Crippen MR) is 123 cm³/mol. The molecular formula is C23H24N4O3S. The highest BCUT2D eigenvalue weighted by Gasteiger charge is 2.13. The molecule has 0 fully saturated rings. The van der Waals surface area contributed by atoms with E-state index in [1.165, 1.54) is 17.3 Å². The number of aryl methyl sites for hydroxylation is 1. The zero-order valence-electron chi connectivity index (χ0n) is 17.7. The van der Waals surface area contributed by atoms with E-state index >= 15 is 0 Å². The molecule has 0 aliphatic rings. The number of carbonyl (C=O) groups excluding carboxylic acids is 1. The highest BCUT2D eigenvalue weighted by atomic mass is 32.2. The topological polar surface area (TPSA) is 89.1 Å². The van der Waals surface area contributed by atoms with Gasteiger partial charge in [0, 0.05) is 17.4 Å². The third-order valence-electron chi connectivity index (χ3n) is 5.03. The number of hydrogen-bond acceptors (Lipinski definition) is 6. The van der Waals surface area contributed by atoms with Crippen molar-refractivity contribution in [3.63, 3.8) is 0 Å². The monoisotopic (exact) mass is 436 g/mol. The first kappa shape index (κ1) is 21.0. The first-order valence-electron chi connectivity index (χ1n) is 9.92. The summed E-state index contributed by atoms with van der Waals surface area (Å²) in [4.78, 5) is 24.5. The zero-order valence-corrected chi connectivity index (χ0v) is 18.5. The van der Waals surface area contributed by atoms with E-state index in [0.717, 1.165) is 32.5 Å². The molecule has 1 amide bonds. The molecule has 2 N–H and O–H groups in total. The van der Waals surface area contributed by atoms with Gasteiger partial charge in [0.1, 0.15) is 16.9 Å². The second-order valence-electron chi connectivity index (χ2n) is 7.15. The predicted octanol–water partition coefficient (Wildman–Crippen LogP) is 3.89. The Morgan fingerprint density at radius 1 is 1.10 bits per heavy atom. The van der Waals surface area contributed by atoms with E-state index in [2.05, 4.69) is 39.3 Å². The molecule has 4 aromatic rings. The Bertz CT molecular complexity index is 1240. The third-order valence-corrected chi connectivity index (χ3v) is 6.02. The van der Waals surface area contributed by atoms with Crippen molar-refractivity contribution in [2.45, 2.75) is 18.4 Å². The van der Waals surface area contributed by atoms with Crippen molar-refractivity contribution in [3.8, 4) is 11.5 Å². The van der Waals surface area contributed by atoms with E-state index < -0.39 is 0 Å². The molecule has 0 radical (unpaired) electrons. The molecule has 31 heavy (non-hydrogen) atoms. The van der Waals surface area contributed by atoms with Crippen LogP contribution in [0, 0.1) is 6.92 Å². The van der Waals surface area contributed by atoms with Gasteiger partial charge in [-0.1, -0.05) is 29.5 Å². The van der Waals surface area contributed by atoms with Crippen LogP contribution in [0.5, 0.6) is 11.5 Å². The first-order chi connectivity index (χ1) is 15.1. The van der Waals surface area contributed by atoms with Crippen LogP contribution < -0.4 is 14.8 Å². The number of methoxy groups -OCH3 is 2. The maximum absolute atomic E-state index is 12.4. The molecule has 2 aromatic carbocycles. The summed E-state index contributed by atoms with van der Waals surface area (Å²) in [6.45, 7) is 2.60. The largest absolute Gasteiger partial charge is 0.493 e. The summed E-state index contributed by atoms with van der Waals surface area (Å²) in [5.74, 6) is 1.62. The second kappa shape index (κ2) is 9.26. The SMILES string of the molecule is COc1ccc(CCNC(=O)CSc2ncnc3c2[nH]c2ccc(C)cc23)cc1OC. The highest BCUT2D eigenvalue weighted by Crippen LogP contribution is 2.30. The van der Waals surface area contributed by atoms with Crippen LogP contribution in [-0.4, -0.2) is 47.4 Å². The Kier molecular flexibility index (Phi) is 6.27. The van der Waals surface area contributed by atoms with Gasteiger partial charge in [0.25, 0.3) is 0 Å². The number of rotatable bonds is 8. The summed E-state index contributed by atoms with van der Waals surface area (Å²) >= 11 is 1.40. The minimum absolute atomic E-state index is 0.0378. The molecule has 160 valence electrons. The lowest BCUT2D eigenvalue weighted by atomic mass is 10.1. The molecule has 4 rings (SSSR count). The fourth-order valence-electron chi connectivity index (χ4n) is 3.46. The van der Waals surface area contributed by atoms with Gasteiger partial charge in [0.15, 0.2) is 11.5 Å². The molecule has 0 bridgehead atoms. The fourth-order valence-corrected chi connectivity index (χ4v) is 4.24. The Hall–Kier alpha value is -3.26. The minimum Gasteiger partial charge on any atom is -0.493 e. The van der Waals surface area contributed by atoms with E-state index in [-0.39, 0.29) is 11.7 Å². The lowest BCUT2D eigenvalue weighted by Crippen LogP contribution is -2.27. The number of amides is 1. The molecule has 2 heterocycles. The number of ether oxygens (including phenoxy) is 2. The van der Waals surface area contributed by atoms with Gasteiger partial charge in [-0.3, -0.25) is 4.79 Å². The average Bonchev–Trinajstić information content (AvgIpc) is 3.16. The third kappa shape index (κ3) is 4.59. The smallest absolute Gasteiger partial charge is 0.230 e. The van der Waals surface area contributed by atoms with Crippen LogP contribution >= 0.6 is 11.8 Å². The molecule has 0 spiro atoms. The molecule has 2 aromatic heterocycles. The standard InChI is InChI=1S/C23H24N4O3S/c1-14-4-6-17-16(10-14)21-22(27-17)23(26-13-25-21)31-12-20(28)24-9-8-15-5-7-18(29-2)19(11-15)30-3/h4-7,10-11,13,27H,8-9,12H2,1-3H3,(H,24,28). The number of carbonyl (C=O) groups is 1. The lowest BCUT2D eigenvalue weighted by molar-refractivity contribution is -0.118. The van der Waals surface area contributed by atoms with E-state index in [1.807, 2.05) is 24.3 Å². The number of fused-ring (bicyclic) bond motifs is 3. The summed E-state index contributed by atoms with van der Waals surface area (Å²) < 4.78 is 10.6. The quantitative estimate of drug-likeness (QED) is 0.322. The van der Waals surface area contributed by atoms with Crippen LogP contribution in [0.4, 0.5) is 0 Å². The van der Waals surface area contributed by atoms with Crippen LogP contribution in [0.1, 0.15) is 11.1 Å². The second-order valence-corrected chi connectivity index (χ2v) is 8.12. The van der Waals surface area contributed by atoms with Crippen molar-refractivity contribution in [3.05, 3.63) is 53.9 Å². The van der Waals surface area contributed by atoms with E-state index in [1.54, 1.807) is 20.5 Å². The Morgan fingerprint density at radius 2 is 1.94 bits per heavy atom. The number of aromatic amines is 1. The van der Waals surface area contributed by atoms with Crippen molar-refractivity contribution in [2.75, 3.05) is 26.5 Å². The van der Waals surface area contributed by atoms with E-state index in [4.69, 9.17) is 9.47 Å². The number of H-pyrrole nitrogens is 1. The zero-order chi connectivity index (χ0) is 21.8. The van der Waals surface area contributed by atoms with Crippen LogP contribution in [0.2, 0.25) is 0 Å². The van der Waals surface area contributed by atoms with Gasteiger partial charge in [-0.2, -0.15) is 0 Å². The molecule has 0 unspecified atom stereocenters.